The van der Waals surface area contributed by atoms with Crippen LogP contribution in [-0.4, -0.2) is 30.7 Å². The van der Waals surface area contributed by atoms with E-state index in [0.29, 0.717) is 17.2 Å². The van der Waals surface area contributed by atoms with Crippen LogP contribution in [0.25, 0.3) is 0 Å². The molecule has 1 heterocycles. The van der Waals surface area contributed by atoms with Crippen LogP contribution < -0.4 is 10.6 Å². The first-order valence-corrected chi connectivity index (χ1v) is 7.77. The first kappa shape index (κ1) is 16.1. The monoisotopic (exact) mass is 310 g/mol. The van der Waals surface area contributed by atoms with Crippen molar-refractivity contribution in [1.29, 1.82) is 0 Å². The summed E-state index contributed by atoms with van der Waals surface area (Å²) in [4.78, 5) is 12.5. The zero-order valence-electron chi connectivity index (χ0n) is 12.8. The normalized spacial score (nSPS) is 20.9. The molecule has 1 saturated heterocycles. The lowest BCUT2D eigenvalue weighted by Crippen LogP contribution is -2.45. The SMILES string of the molecule is CCNc1ccc(Cl)cc1C(=O)NC1CCOC(C)(C)C1. The van der Waals surface area contributed by atoms with Crippen LogP contribution in [0.5, 0.6) is 0 Å². The van der Waals surface area contributed by atoms with Crippen LogP contribution in [0.4, 0.5) is 5.69 Å². The third-order valence-corrected chi connectivity index (χ3v) is 3.86. The van der Waals surface area contributed by atoms with Crippen molar-refractivity contribution in [2.45, 2.75) is 45.3 Å². The quantitative estimate of drug-likeness (QED) is 0.895. The number of carbonyl (C=O) groups is 1. The van der Waals surface area contributed by atoms with Gasteiger partial charge in [0.2, 0.25) is 0 Å². The van der Waals surface area contributed by atoms with Crippen LogP contribution in [0.2, 0.25) is 5.02 Å². The molecule has 0 spiro atoms. The summed E-state index contributed by atoms with van der Waals surface area (Å²) in [5, 5.41) is 6.86. The summed E-state index contributed by atoms with van der Waals surface area (Å²) >= 11 is 6.02. The van der Waals surface area contributed by atoms with Crippen molar-refractivity contribution < 1.29 is 9.53 Å². The fraction of sp³-hybridized carbons (Fsp3) is 0.562. The van der Waals surface area contributed by atoms with Gasteiger partial charge in [-0.3, -0.25) is 4.79 Å². The second kappa shape index (κ2) is 6.67. The zero-order chi connectivity index (χ0) is 15.5. The molecule has 1 unspecified atom stereocenters. The maximum absolute atomic E-state index is 12.5. The third-order valence-electron chi connectivity index (χ3n) is 3.63. The maximum Gasteiger partial charge on any atom is 0.253 e. The minimum absolute atomic E-state index is 0.0869. The Kier molecular flexibility index (Phi) is 5.12. The number of hydrogen-bond acceptors (Lipinski definition) is 3. The van der Waals surface area contributed by atoms with E-state index in [4.69, 9.17) is 16.3 Å². The van der Waals surface area contributed by atoms with Gasteiger partial charge in [0, 0.05) is 29.9 Å². The Morgan fingerprint density at radius 2 is 2.24 bits per heavy atom. The van der Waals surface area contributed by atoms with E-state index in [1.54, 1.807) is 12.1 Å². The largest absolute Gasteiger partial charge is 0.385 e. The lowest BCUT2D eigenvalue weighted by Gasteiger charge is -2.35. The number of benzene rings is 1. The Morgan fingerprint density at radius 1 is 1.48 bits per heavy atom. The number of hydrogen-bond donors (Lipinski definition) is 2. The highest BCUT2D eigenvalue weighted by Crippen LogP contribution is 2.25. The fourth-order valence-corrected chi connectivity index (χ4v) is 2.84. The van der Waals surface area contributed by atoms with Crippen molar-refractivity contribution in [3.63, 3.8) is 0 Å². The fourth-order valence-electron chi connectivity index (χ4n) is 2.67. The van der Waals surface area contributed by atoms with Crippen molar-refractivity contribution in [2.24, 2.45) is 0 Å². The molecule has 0 saturated carbocycles. The number of halogens is 1. The second-order valence-corrected chi connectivity index (χ2v) is 6.43. The summed E-state index contributed by atoms with van der Waals surface area (Å²) in [6.07, 6.45) is 1.65. The van der Waals surface area contributed by atoms with E-state index in [1.165, 1.54) is 0 Å². The van der Waals surface area contributed by atoms with E-state index >= 15 is 0 Å². The molecule has 0 radical (unpaired) electrons. The van der Waals surface area contributed by atoms with Gasteiger partial charge in [0.1, 0.15) is 0 Å². The van der Waals surface area contributed by atoms with E-state index in [9.17, 15) is 4.79 Å². The number of ether oxygens (including phenoxy) is 1. The summed E-state index contributed by atoms with van der Waals surface area (Å²) in [6.45, 7) is 7.53. The third kappa shape index (κ3) is 4.35. The van der Waals surface area contributed by atoms with E-state index in [-0.39, 0.29) is 17.6 Å². The molecule has 116 valence electrons. The topological polar surface area (TPSA) is 50.4 Å². The zero-order valence-corrected chi connectivity index (χ0v) is 13.6. The van der Waals surface area contributed by atoms with Gasteiger partial charge in [-0.25, -0.2) is 0 Å². The summed E-state index contributed by atoms with van der Waals surface area (Å²) in [7, 11) is 0. The maximum atomic E-state index is 12.5. The lowest BCUT2D eigenvalue weighted by atomic mass is 9.93. The molecule has 1 aromatic carbocycles. The molecular formula is C16H23ClN2O2. The lowest BCUT2D eigenvalue weighted by molar-refractivity contribution is -0.0615. The van der Waals surface area contributed by atoms with Crippen molar-refractivity contribution in [3.05, 3.63) is 28.8 Å². The highest BCUT2D eigenvalue weighted by atomic mass is 35.5. The molecule has 1 aliphatic rings. The molecule has 1 aliphatic heterocycles. The van der Waals surface area contributed by atoms with Crippen LogP contribution in [0.3, 0.4) is 0 Å². The predicted octanol–water partition coefficient (Wildman–Crippen LogP) is 3.46. The van der Waals surface area contributed by atoms with E-state index in [0.717, 1.165) is 25.1 Å². The van der Waals surface area contributed by atoms with Crippen LogP contribution in [0.1, 0.15) is 44.0 Å². The molecule has 1 atom stereocenters. The van der Waals surface area contributed by atoms with Gasteiger partial charge in [0.05, 0.1) is 11.2 Å². The first-order chi connectivity index (χ1) is 9.91. The summed E-state index contributed by atoms with van der Waals surface area (Å²) in [5.74, 6) is -0.0869. The summed E-state index contributed by atoms with van der Waals surface area (Å²) in [5.41, 5.74) is 1.22. The molecule has 5 heteroatoms. The average molecular weight is 311 g/mol. The number of amides is 1. The molecule has 0 bridgehead atoms. The number of anilines is 1. The molecule has 1 aromatic rings. The van der Waals surface area contributed by atoms with Crippen molar-refractivity contribution >= 4 is 23.2 Å². The van der Waals surface area contributed by atoms with Crippen molar-refractivity contribution in [3.8, 4) is 0 Å². The Balaban J connectivity index is 2.11. The molecule has 0 aromatic heterocycles. The Morgan fingerprint density at radius 3 is 2.90 bits per heavy atom. The molecule has 0 aliphatic carbocycles. The van der Waals surface area contributed by atoms with Gasteiger partial charge < -0.3 is 15.4 Å². The molecule has 2 N–H and O–H groups in total. The Hall–Kier alpha value is -1.26. The Bertz CT molecular complexity index is 517. The summed E-state index contributed by atoms with van der Waals surface area (Å²) in [6, 6.07) is 5.47. The molecule has 4 nitrogen and oxygen atoms in total. The van der Waals surface area contributed by atoms with Crippen molar-refractivity contribution in [2.75, 3.05) is 18.5 Å². The van der Waals surface area contributed by atoms with Gasteiger partial charge in [0.25, 0.3) is 5.91 Å². The van der Waals surface area contributed by atoms with Gasteiger partial charge >= 0.3 is 0 Å². The number of rotatable bonds is 4. The highest BCUT2D eigenvalue weighted by Gasteiger charge is 2.30. The second-order valence-electron chi connectivity index (χ2n) is 5.99. The van der Waals surface area contributed by atoms with Gasteiger partial charge in [-0.1, -0.05) is 11.6 Å². The molecular weight excluding hydrogens is 288 g/mol. The minimum atomic E-state index is -0.185. The Labute approximate surface area is 131 Å². The van der Waals surface area contributed by atoms with E-state index in [2.05, 4.69) is 24.5 Å². The standard InChI is InChI=1S/C16H23ClN2O2/c1-4-18-14-6-5-11(17)9-13(14)15(20)19-12-7-8-21-16(2,3)10-12/h5-6,9,12,18H,4,7-8,10H2,1-3H3,(H,19,20). The van der Waals surface area contributed by atoms with Crippen LogP contribution in [0, 0.1) is 0 Å². The number of carbonyl (C=O) groups excluding carboxylic acids is 1. The van der Waals surface area contributed by atoms with Gasteiger partial charge in [-0.2, -0.15) is 0 Å². The smallest absolute Gasteiger partial charge is 0.253 e. The van der Waals surface area contributed by atoms with Crippen LogP contribution in [0.15, 0.2) is 18.2 Å². The minimum Gasteiger partial charge on any atom is -0.385 e. The predicted molar refractivity (Wildman–Crippen MR) is 86.1 cm³/mol. The first-order valence-electron chi connectivity index (χ1n) is 7.39. The van der Waals surface area contributed by atoms with Crippen LogP contribution in [-0.2, 0) is 4.74 Å². The molecule has 1 amide bonds. The van der Waals surface area contributed by atoms with E-state index in [1.807, 2.05) is 13.0 Å². The average Bonchev–Trinajstić information content (AvgIpc) is 2.40. The number of nitrogens with one attached hydrogen (secondary N) is 2. The molecule has 1 fully saturated rings. The van der Waals surface area contributed by atoms with Gasteiger partial charge in [-0.05, 0) is 51.8 Å². The van der Waals surface area contributed by atoms with Crippen molar-refractivity contribution in [1.82, 2.24) is 5.32 Å². The van der Waals surface area contributed by atoms with Gasteiger partial charge in [0.15, 0.2) is 0 Å². The molecule has 21 heavy (non-hydrogen) atoms. The van der Waals surface area contributed by atoms with Gasteiger partial charge in [-0.15, -0.1) is 0 Å². The highest BCUT2D eigenvalue weighted by molar-refractivity contribution is 6.31. The van der Waals surface area contributed by atoms with E-state index < -0.39 is 0 Å². The molecule has 2 rings (SSSR count). The summed E-state index contributed by atoms with van der Waals surface area (Å²) < 4.78 is 5.68. The van der Waals surface area contributed by atoms with Crippen LogP contribution >= 0.6 is 11.6 Å².